The maximum absolute atomic E-state index is 12.1. The van der Waals surface area contributed by atoms with Gasteiger partial charge >= 0.3 is 12.1 Å². The Labute approximate surface area is 160 Å². The fourth-order valence-electron chi connectivity index (χ4n) is 2.14. The largest absolute Gasteiger partial charge is 0.467 e. The van der Waals surface area contributed by atoms with E-state index in [9.17, 15) is 9.59 Å². The molecule has 1 amide bonds. The number of esters is 1. The van der Waals surface area contributed by atoms with Gasteiger partial charge in [0.2, 0.25) is 0 Å². The number of ether oxygens (including phenoxy) is 2. The van der Waals surface area contributed by atoms with E-state index in [-0.39, 0.29) is 0 Å². The van der Waals surface area contributed by atoms with E-state index in [2.05, 4.69) is 10.6 Å². The van der Waals surface area contributed by atoms with Crippen molar-refractivity contribution in [2.75, 3.05) is 7.11 Å². The van der Waals surface area contributed by atoms with E-state index in [4.69, 9.17) is 21.7 Å². The summed E-state index contributed by atoms with van der Waals surface area (Å²) in [5, 5.41) is 5.73. The minimum Gasteiger partial charge on any atom is -0.467 e. The minimum absolute atomic E-state index is 0.315. The second kappa shape index (κ2) is 8.98. The Morgan fingerprint density at radius 3 is 2.19 bits per heavy atom. The molecule has 0 radical (unpaired) electrons. The van der Waals surface area contributed by atoms with Gasteiger partial charge in [-0.1, -0.05) is 42.5 Å². The molecule has 2 N–H and O–H groups in total. The summed E-state index contributed by atoms with van der Waals surface area (Å²) in [6, 6.07) is 8.89. The smallest absolute Gasteiger partial charge is 0.408 e. The number of hydrogen-bond acceptors (Lipinski definition) is 5. The van der Waals surface area contributed by atoms with Gasteiger partial charge in [-0.15, -0.1) is 0 Å². The third-order valence-electron chi connectivity index (χ3n) is 3.45. The molecule has 1 atom stereocenters. The number of hydrogen-bond donors (Lipinski definition) is 2. The number of benzene rings is 1. The molecule has 0 saturated carbocycles. The van der Waals surface area contributed by atoms with Gasteiger partial charge in [-0.25, -0.2) is 9.59 Å². The highest BCUT2D eigenvalue weighted by atomic mass is 32.1. The molecule has 6 nitrogen and oxygen atoms in total. The second-order valence-corrected chi connectivity index (χ2v) is 7.90. The lowest BCUT2D eigenvalue weighted by molar-refractivity contribution is -0.142. The van der Waals surface area contributed by atoms with E-state index in [1.807, 2.05) is 30.3 Å². The Balaban J connectivity index is 2.80. The van der Waals surface area contributed by atoms with Crippen molar-refractivity contribution < 1.29 is 19.1 Å². The number of carbonyl (C=O) groups excluding carboxylic acids is 2. The van der Waals surface area contributed by atoms with Crippen LogP contribution < -0.4 is 10.6 Å². The van der Waals surface area contributed by atoms with Gasteiger partial charge in [-0.3, -0.25) is 0 Å². The molecule has 0 aliphatic heterocycles. The van der Waals surface area contributed by atoms with Gasteiger partial charge in [0.25, 0.3) is 0 Å². The van der Waals surface area contributed by atoms with E-state index in [0.29, 0.717) is 11.4 Å². The first-order chi connectivity index (χ1) is 11.9. The molecule has 1 aromatic carbocycles. The Bertz CT molecular complexity index is 639. The molecule has 0 saturated heterocycles. The first-order valence-corrected chi connectivity index (χ1v) is 8.79. The predicted molar refractivity (Wildman–Crippen MR) is 105 cm³/mol. The van der Waals surface area contributed by atoms with Crippen LogP contribution in [0.3, 0.4) is 0 Å². The lowest BCUT2D eigenvalue weighted by atomic mass is 10.0. The van der Waals surface area contributed by atoms with Gasteiger partial charge < -0.3 is 20.1 Å². The minimum atomic E-state index is -0.902. The third kappa shape index (κ3) is 7.39. The number of rotatable bonds is 6. The summed E-state index contributed by atoms with van der Waals surface area (Å²) in [6.07, 6.45) is -0.166. The molecule has 0 aliphatic carbocycles. The standard InChI is InChI=1S/C19H28N2O4S/c1-18(2,3)25-17(23)21-19(4,5)16(26)20-14(15(22)24-6)12-13-10-8-7-9-11-13/h7-11,14H,12H2,1-6H3,(H,20,26)(H,21,23)/t14-/m0/s1. The monoisotopic (exact) mass is 380 g/mol. The molecule has 0 bridgehead atoms. The van der Waals surface area contributed by atoms with Crippen molar-refractivity contribution in [3.05, 3.63) is 35.9 Å². The lowest BCUT2D eigenvalue weighted by Gasteiger charge is -2.31. The third-order valence-corrected chi connectivity index (χ3v) is 4.08. The zero-order chi connectivity index (χ0) is 20.0. The van der Waals surface area contributed by atoms with E-state index in [1.54, 1.807) is 34.6 Å². The number of thiocarbonyl (C=S) groups is 1. The lowest BCUT2D eigenvalue weighted by Crippen LogP contribution is -2.58. The average molecular weight is 381 g/mol. The van der Waals surface area contributed by atoms with E-state index in [0.717, 1.165) is 5.56 Å². The van der Waals surface area contributed by atoms with Crippen LogP contribution in [-0.4, -0.2) is 41.3 Å². The molecule has 1 aromatic rings. The highest BCUT2D eigenvalue weighted by Crippen LogP contribution is 2.12. The topological polar surface area (TPSA) is 76.7 Å². The van der Waals surface area contributed by atoms with Gasteiger partial charge in [0.1, 0.15) is 16.6 Å². The van der Waals surface area contributed by atoms with Crippen molar-refractivity contribution in [2.45, 2.75) is 58.2 Å². The molecule has 26 heavy (non-hydrogen) atoms. The average Bonchev–Trinajstić information content (AvgIpc) is 2.51. The van der Waals surface area contributed by atoms with Crippen LogP contribution in [0.25, 0.3) is 0 Å². The maximum atomic E-state index is 12.1. The van der Waals surface area contributed by atoms with Crippen LogP contribution in [0.2, 0.25) is 0 Å². The van der Waals surface area contributed by atoms with Crippen molar-refractivity contribution in [2.24, 2.45) is 0 Å². The van der Waals surface area contributed by atoms with Crippen LogP contribution in [0.5, 0.6) is 0 Å². The summed E-state index contributed by atoms with van der Waals surface area (Å²) in [4.78, 5) is 24.5. The van der Waals surface area contributed by atoms with Crippen molar-refractivity contribution in [1.82, 2.24) is 10.6 Å². The highest BCUT2D eigenvalue weighted by molar-refractivity contribution is 7.80. The van der Waals surface area contributed by atoms with Crippen LogP contribution in [-0.2, 0) is 20.7 Å². The molecule has 0 unspecified atom stereocenters. The molecule has 0 spiro atoms. The molecule has 7 heteroatoms. The Morgan fingerprint density at radius 2 is 1.69 bits per heavy atom. The van der Waals surface area contributed by atoms with E-state index >= 15 is 0 Å². The zero-order valence-corrected chi connectivity index (χ0v) is 17.0. The molecule has 144 valence electrons. The molecular formula is C19H28N2O4S. The summed E-state index contributed by atoms with van der Waals surface area (Å²) in [5.41, 5.74) is -0.548. The van der Waals surface area contributed by atoms with Crippen molar-refractivity contribution >= 4 is 29.3 Å². The van der Waals surface area contributed by atoms with Crippen LogP contribution in [0.1, 0.15) is 40.2 Å². The first kappa shape index (κ1) is 21.9. The summed E-state index contributed by atoms with van der Waals surface area (Å²) in [6.45, 7) is 8.82. The molecule has 0 aromatic heterocycles. The fraction of sp³-hybridized carbons (Fsp3) is 0.526. The van der Waals surface area contributed by atoms with E-state index < -0.39 is 29.2 Å². The van der Waals surface area contributed by atoms with Gasteiger partial charge in [-0.05, 0) is 40.2 Å². The second-order valence-electron chi connectivity index (χ2n) is 7.49. The van der Waals surface area contributed by atoms with Gasteiger partial charge in [-0.2, -0.15) is 0 Å². The summed E-state index contributed by atoms with van der Waals surface area (Å²) in [5.74, 6) is -0.427. The molecule has 0 fully saturated rings. The highest BCUT2D eigenvalue weighted by Gasteiger charge is 2.31. The van der Waals surface area contributed by atoms with Gasteiger partial charge in [0, 0.05) is 6.42 Å². The maximum Gasteiger partial charge on any atom is 0.408 e. The summed E-state index contributed by atoms with van der Waals surface area (Å²) in [7, 11) is 1.33. The van der Waals surface area contributed by atoms with E-state index in [1.165, 1.54) is 7.11 Å². The number of amides is 1. The van der Waals surface area contributed by atoms with Crippen molar-refractivity contribution in [3.63, 3.8) is 0 Å². The number of alkyl carbamates (subject to hydrolysis) is 1. The van der Waals surface area contributed by atoms with Crippen molar-refractivity contribution in [3.8, 4) is 0 Å². The fourth-order valence-corrected chi connectivity index (χ4v) is 2.33. The van der Waals surface area contributed by atoms with Gasteiger partial charge in [0.15, 0.2) is 0 Å². The van der Waals surface area contributed by atoms with Crippen LogP contribution in [0.15, 0.2) is 30.3 Å². The Kier molecular flexibility index (Phi) is 7.56. The quantitative estimate of drug-likeness (QED) is 0.584. The number of nitrogens with one attached hydrogen (secondary N) is 2. The normalized spacial score (nSPS) is 12.7. The van der Waals surface area contributed by atoms with Crippen LogP contribution in [0, 0.1) is 0 Å². The Hall–Kier alpha value is -2.15. The number of carbonyl (C=O) groups is 2. The predicted octanol–water partition coefficient (Wildman–Crippen LogP) is 2.99. The molecule has 1 rings (SSSR count). The molecule has 0 heterocycles. The van der Waals surface area contributed by atoms with Gasteiger partial charge in [0.05, 0.1) is 12.6 Å². The number of methoxy groups -OCH3 is 1. The van der Waals surface area contributed by atoms with Crippen LogP contribution >= 0.6 is 12.2 Å². The Morgan fingerprint density at radius 1 is 1.12 bits per heavy atom. The summed E-state index contributed by atoms with van der Waals surface area (Å²) < 4.78 is 10.1. The van der Waals surface area contributed by atoms with Crippen LogP contribution in [0.4, 0.5) is 4.79 Å². The first-order valence-electron chi connectivity index (χ1n) is 8.38. The van der Waals surface area contributed by atoms with Crippen molar-refractivity contribution in [1.29, 1.82) is 0 Å². The zero-order valence-electron chi connectivity index (χ0n) is 16.2. The molecule has 0 aliphatic rings. The summed E-state index contributed by atoms with van der Waals surface area (Å²) >= 11 is 5.42. The SMILES string of the molecule is COC(=O)[C@H](Cc1ccccc1)NC(=S)C(C)(C)NC(=O)OC(C)(C)C. The molecular weight excluding hydrogens is 352 g/mol.